The monoisotopic (exact) mass is 425 g/mol. The summed E-state index contributed by atoms with van der Waals surface area (Å²) in [5, 5.41) is 10.9. The highest BCUT2D eigenvalue weighted by Gasteiger charge is 2.56. The van der Waals surface area contributed by atoms with Gasteiger partial charge in [-0.2, -0.15) is 13.2 Å². The predicted octanol–water partition coefficient (Wildman–Crippen LogP) is 4.01. The van der Waals surface area contributed by atoms with Crippen molar-refractivity contribution in [3.8, 4) is 11.6 Å². The molecule has 1 aromatic carbocycles. The lowest BCUT2D eigenvalue weighted by atomic mass is 9.86. The van der Waals surface area contributed by atoms with Gasteiger partial charge in [-0.3, -0.25) is 0 Å². The van der Waals surface area contributed by atoms with Crippen molar-refractivity contribution in [2.45, 2.75) is 32.0 Å². The number of aliphatic imine (C=N–C) groups is 1. The fourth-order valence-electron chi connectivity index (χ4n) is 2.83. The first-order valence-electron chi connectivity index (χ1n) is 9.28. The zero-order chi connectivity index (χ0) is 22.5. The third-order valence-corrected chi connectivity index (χ3v) is 4.75. The summed E-state index contributed by atoms with van der Waals surface area (Å²) in [6, 6.07) is 7.08. The number of pyridine rings is 1. The zero-order valence-electron chi connectivity index (χ0n) is 17.6. The molecule has 0 saturated heterocycles. The fraction of sp³-hybridized carbons (Fsp3) is 0.429. The van der Waals surface area contributed by atoms with Gasteiger partial charge in [0.1, 0.15) is 5.75 Å². The number of hydrogen-bond acceptors (Lipinski definition) is 5. The Labute approximate surface area is 174 Å². The van der Waals surface area contributed by atoms with E-state index in [-0.39, 0.29) is 17.3 Å². The second-order valence-corrected chi connectivity index (χ2v) is 6.86. The van der Waals surface area contributed by atoms with Gasteiger partial charge >= 0.3 is 6.18 Å². The van der Waals surface area contributed by atoms with Gasteiger partial charge < -0.3 is 19.5 Å². The summed E-state index contributed by atoms with van der Waals surface area (Å²) in [4.78, 5) is 10.1. The second-order valence-electron chi connectivity index (χ2n) is 6.86. The lowest BCUT2D eigenvalue weighted by Crippen LogP contribution is -2.44. The smallest absolute Gasteiger partial charge is 0.421 e. The highest BCUT2D eigenvalue weighted by molar-refractivity contribution is 5.65. The third-order valence-electron chi connectivity index (χ3n) is 4.75. The van der Waals surface area contributed by atoms with Gasteiger partial charge in [-0.15, -0.1) is 0 Å². The molecular formula is C21H26F3N3O3. The molecule has 0 fully saturated rings. The number of aryl methyl sites for hydroxylation is 1. The van der Waals surface area contributed by atoms with E-state index < -0.39 is 23.8 Å². The Bertz CT molecular complexity index is 903. The molecule has 2 rings (SSSR count). The van der Waals surface area contributed by atoms with E-state index in [1.54, 1.807) is 13.3 Å². The Kier molecular flexibility index (Phi) is 7.30. The summed E-state index contributed by atoms with van der Waals surface area (Å²) in [6.45, 7) is 4.29. The van der Waals surface area contributed by atoms with Gasteiger partial charge in [-0.1, -0.05) is 6.07 Å². The predicted molar refractivity (Wildman–Crippen MR) is 109 cm³/mol. The molecular weight excluding hydrogens is 399 g/mol. The van der Waals surface area contributed by atoms with Crippen molar-refractivity contribution < 1.29 is 27.8 Å². The van der Waals surface area contributed by atoms with Crippen LogP contribution in [0.1, 0.15) is 23.7 Å². The normalized spacial score (nSPS) is 13.9. The van der Waals surface area contributed by atoms with Crippen LogP contribution in [0.15, 0.2) is 35.3 Å². The van der Waals surface area contributed by atoms with Crippen molar-refractivity contribution in [1.29, 1.82) is 0 Å². The summed E-state index contributed by atoms with van der Waals surface area (Å²) >= 11 is 0. The van der Waals surface area contributed by atoms with Crippen LogP contribution in [-0.4, -0.2) is 55.3 Å². The molecule has 0 aliphatic heterocycles. The van der Waals surface area contributed by atoms with Crippen LogP contribution in [0.5, 0.6) is 11.6 Å². The van der Waals surface area contributed by atoms with Gasteiger partial charge in [-0.25, -0.2) is 9.98 Å². The van der Waals surface area contributed by atoms with E-state index in [1.807, 2.05) is 18.9 Å². The van der Waals surface area contributed by atoms with E-state index in [0.717, 1.165) is 6.54 Å². The Hall–Kier alpha value is -2.81. The van der Waals surface area contributed by atoms with Crippen LogP contribution < -0.4 is 9.47 Å². The number of hydrogen-bond donors (Lipinski definition) is 1. The average molecular weight is 425 g/mol. The molecule has 0 spiro atoms. The number of aromatic nitrogens is 1. The second kappa shape index (κ2) is 9.34. The number of methoxy groups -OCH3 is 2. The summed E-state index contributed by atoms with van der Waals surface area (Å²) in [6.07, 6.45) is -4.20. The number of nitrogens with zero attached hydrogens (tertiary/aromatic N) is 3. The fourth-order valence-corrected chi connectivity index (χ4v) is 2.83. The summed E-state index contributed by atoms with van der Waals surface area (Å²) in [5.41, 5.74) is -2.68. The molecule has 0 amide bonds. The minimum Gasteiger partial charge on any atom is -0.496 e. The minimum absolute atomic E-state index is 0.0283. The largest absolute Gasteiger partial charge is 0.496 e. The molecule has 0 aliphatic rings. The summed E-state index contributed by atoms with van der Waals surface area (Å²) in [7, 11) is 4.44. The van der Waals surface area contributed by atoms with Crippen LogP contribution in [0.3, 0.4) is 0 Å². The lowest BCUT2D eigenvalue weighted by Gasteiger charge is -2.32. The maximum absolute atomic E-state index is 14.1. The topological polar surface area (TPSA) is 67.2 Å². The molecule has 2 aromatic rings. The molecule has 164 valence electrons. The number of halogens is 3. The van der Waals surface area contributed by atoms with Crippen LogP contribution in [0, 0.1) is 6.92 Å². The van der Waals surface area contributed by atoms with Crippen molar-refractivity contribution in [2.24, 2.45) is 4.99 Å². The quantitative estimate of drug-likeness (QED) is 0.511. The van der Waals surface area contributed by atoms with Crippen LogP contribution in [0.4, 0.5) is 18.9 Å². The molecule has 1 N–H and O–H groups in total. The molecule has 9 heteroatoms. The van der Waals surface area contributed by atoms with E-state index in [2.05, 4.69) is 9.98 Å². The molecule has 0 aliphatic carbocycles. The summed E-state index contributed by atoms with van der Waals surface area (Å²) < 4.78 is 52.5. The van der Waals surface area contributed by atoms with Gasteiger partial charge in [0.25, 0.3) is 0 Å². The molecule has 1 atom stereocenters. The van der Waals surface area contributed by atoms with Gasteiger partial charge in [0.2, 0.25) is 5.88 Å². The van der Waals surface area contributed by atoms with Crippen molar-refractivity contribution in [2.75, 3.05) is 27.8 Å². The number of alkyl halides is 3. The maximum atomic E-state index is 14.1. The molecule has 1 heterocycles. The van der Waals surface area contributed by atoms with Gasteiger partial charge in [0.05, 0.1) is 26.2 Å². The van der Waals surface area contributed by atoms with Crippen molar-refractivity contribution in [3.05, 3.63) is 47.2 Å². The Morgan fingerprint density at radius 1 is 1.20 bits per heavy atom. The zero-order valence-corrected chi connectivity index (χ0v) is 17.6. The molecule has 0 radical (unpaired) electrons. The van der Waals surface area contributed by atoms with Crippen LogP contribution in [-0.2, 0) is 12.0 Å². The number of aliphatic hydroxyl groups is 1. The first-order valence-corrected chi connectivity index (χ1v) is 9.28. The lowest BCUT2D eigenvalue weighted by molar-refractivity contribution is -0.267. The molecule has 1 aromatic heterocycles. The van der Waals surface area contributed by atoms with E-state index in [9.17, 15) is 18.3 Å². The molecule has 0 saturated carbocycles. The third kappa shape index (κ3) is 5.02. The molecule has 1 unspecified atom stereocenters. The molecule has 30 heavy (non-hydrogen) atoms. The Morgan fingerprint density at radius 2 is 1.90 bits per heavy atom. The average Bonchev–Trinajstić information content (AvgIpc) is 2.71. The first kappa shape index (κ1) is 23.5. The van der Waals surface area contributed by atoms with Crippen molar-refractivity contribution in [1.82, 2.24) is 9.88 Å². The maximum Gasteiger partial charge on any atom is 0.421 e. The number of ether oxygens (including phenoxy) is 2. The number of rotatable bonds is 8. The highest BCUT2D eigenvalue weighted by Crippen LogP contribution is 2.46. The van der Waals surface area contributed by atoms with Crippen LogP contribution in [0.25, 0.3) is 0 Å². The van der Waals surface area contributed by atoms with Gasteiger partial charge in [-0.05, 0) is 31.5 Å². The van der Waals surface area contributed by atoms with Crippen molar-refractivity contribution >= 4 is 12.0 Å². The SMILES string of the molecule is CCN(C)/C=N/c1cc(OC)c(C(O)(Cc2cccc(OC)n2)C(F)(F)F)cc1C. The van der Waals surface area contributed by atoms with E-state index in [0.29, 0.717) is 11.3 Å². The Balaban J connectivity index is 2.58. The van der Waals surface area contributed by atoms with Gasteiger partial charge in [0, 0.05) is 43.4 Å². The number of benzene rings is 1. The molecule has 6 nitrogen and oxygen atoms in total. The summed E-state index contributed by atoms with van der Waals surface area (Å²) in [5.74, 6) is 0.0412. The van der Waals surface area contributed by atoms with Crippen LogP contribution >= 0.6 is 0 Å². The first-order chi connectivity index (χ1) is 14.1. The highest BCUT2D eigenvalue weighted by atomic mass is 19.4. The van der Waals surface area contributed by atoms with Crippen LogP contribution in [0.2, 0.25) is 0 Å². The van der Waals surface area contributed by atoms with Crippen molar-refractivity contribution in [3.63, 3.8) is 0 Å². The Morgan fingerprint density at radius 3 is 2.47 bits per heavy atom. The minimum atomic E-state index is -4.98. The standard InChI is InChI=1S/C21H26F3N3O3/c1-6-27(3)13-25-17-11-18(29-4)16(10-14(17)2)20(28,21(22,23)24)12-15-8-7-9-19(26-15)30-5/h7-11,13,28H,6,12H2,1-5H3/b25-13+. The van der Waals surface area contributed by atoms with Gasteiger partial charge in [0.15, 0.2) is 5.60 Å². The van der Waals surface area contributed by atoms with E-state index in [1.165, 1.54) is 44.6 Å². The van der Waals surface area contributed by atoms with E-state index >= 15 is 0 Å². The van der Waals surface area contributed by atoms with E-state index in [4.69, 9.17) is 9.47 Å². The molecule has 0 bridgehead atoms.